The maximum Gasteiger partial charge on any atom is 0.109 e. The minimum Gasteiger partial charge on any atom is -0.365 e. The first-order valence-corrected chi connectivity index (χ1v) is 5.62. The summed E-state index contributed by atoms with van der Waals surface area (Å²) in [7, 11) is 0. The van der Waals surface area contributed by atoms with Crippen LogP contribution in [0, 0.1) is 0 Å². The number of epoxide rings is 1. The van der Waals surface area contributed by atoms with Gasteiger partial charge in [0.05, 0.1) is 6.10 Å². The third kappa shape index (κ3) is 1.36. The minimum atomic E-state index is 0.391. The maximum atomic E-state index is 5.49. The predicted molar refractivity (Wildman–Crippen MR) is 56.4 cm³/mol. The Morgan fingerprint density at radius 2 is 1.86 bits per heavy atom. The zero-order valence-electron chi connectivity index (χ0n) is 8.62. The number of hydrogen-bond donors (Lipinski definition) is 0. The van der Waals surface area contributed by atoms with Crippen molar-refractivity contribution in [3.8, 4) is 0 Å². The second-order valence-electron chi connectivity index (χ2n) is 4.50. The third-order valence-corrected chi connectivity index (χ3v) is 3.41. The van der Waals surface area contributed by atoms with Gasteiger partial charge in [-0.05, 0) is 49.3 Å². The van der Waals surface area contributed by atoms with E-state index in [1.54, 1.807) is 11.1 Å². The van der Waals surface area contributed by atoms with E-state index in [1.807, 2.05) is 0 Å². The molecule has 2 aliphatic rings. The molecule has 1 nitrogen and oxygen atoms in total. The fourth-order valence-corrected chi connectivity index (χ4v) is 2.47. The van der Waals surface area contributed by atoms with Crippen molar-refractivity contribution in [1.82, 2.24) is 0 Å². The lowest BCUT2D eigenvalue weighted by molar-refractivity contribution is 0.383. The van der Waals surface area contributed by atoms with E-state index in [1.165, 1.54) is 31.2 Å². The molecule has 0 spiro atoms. The molecule has 2 atom stereocenters. The fraction of sp³-hybridized carbons (Fsp3) is 0.538. The lowest BCUT2D eigenvalue weighted by Crippen LogP contribution is -2.03. The second-order valence-corrected chi connectivity index (χ2v) is 4.50. The van der Waals surface area contributed by atoms with Gasteiger partial charge < -0.3 is 4.74 Å². The Hall–Kier alpha value is -0.820. The summed E-state index contributed by atoms with van der Waals surface area (Å²) in [6.45, 7) is 2.14. The summed E-state index contributed by atoms with van der Waals surface area (Å²) in [5, 5.41) is 0. The first-order chi connectivity index (χ1) is 6.84. The van der Waals surface area contributed by atoms with Crippen LogP contribution < -0.4 is 0 Å². The Labute approximate surface area is 85.1 Å². The zero-order valence-corrected chi connectivity index (χ0v) is 8.62. The first kappa shape index (κ1) is 8.49. The molecule has 1 heterocycles. The van der Waals surface area contributed by atoms with Crippen molar-refractivity contribution < 1.29 is 4.74 Å². The highest BCUT2D eigenvalue weighted by Crippen LogP contribution is 2.39. The van der Waals surface area contributed by atoms with Crippen molar-refractivity contribution in [3.63, 3.8) is 0 Å². The van der Waals surface area contributed by atoms with Gasteiger partial charge >= 0.3 is 0 Å². The predicted octanol–water partition coefficient (Wildman–Crippen LogP) is 3.03. The van der Waals surface area contributed by atoms with Crippen molar-refractivity contribution in [2.24, 2.45) is 0 Å². The monoisotopic (exact) mass is 188 g/mol. The summed E-state index contributed by atoms with van der Waals surface area (Å²) in [6, 6.07) is 6.92. The smallest absolute Gasteiger partial charge is 0.109 e. The molecule has 0 saturated carbocycles. The van der Waals surface area contributed by atoms with Gasteiger partial charge in [-0.1, -0.05) is 18.2 Å². The van der Waals surface area contributed by atoms with E-state index < -0.39 is 0 Å². The van der Waals surface area contributed by atoms with E-state index in [-0.39, 0.29) is 0 Å². The van der Waals surface area contributed by atoms with E-state index in [2.05, 4.69) is 25.1 Å². The molecule has 74 valence electrons. The van der Waals surface area contributed by atoms with Gasteiger partial charge in [0, 0.05) is 0 Å². The molecule has 1 aliphatic carbocycles. The average Bonchev–Trinajstić information content (AvgIpc) is 2.95. The van der Waals surface area contributed by atoms with Gasteiger partial charge in [-0.3, -0.25) is 0 Å². The minimum absolute atomic E-state index is 0.391. The average molecular weight is 188 g/mol. The zero-order chi connectivity index (χ0) is 9.54. The quantitative estimate of drug-likeness (QED) is 0.617. The molecule has 0 amide bonds. The molecule has 0 aromatic heterocycles. The topological polar surface area (TPSA) is 12.5 Å². The number of ether oxygens (including phenoxy) is 1. The van der Waals surface area contributed by atoms with Gasteiger partial charge in [0.25, 0.3) is 0 Å². The van der Waals surface area contributed by atoms with Crippen molar-refractivity contribution in [2.45, 2.75) is 44.8 Å². The molecule has 1 aromatic carbocycles. The van der Waals surface area contributed by atoms with Crippen LogP contribution in [0.25, 0.3) is 0 Å². The lowest BCUT2D eigenvalue weighted by atomic mass is 9.90. The molecule has 14 heavy (non-hydrogen) atoms. The van der Waals surface area contributed by atoms with Crippen LogP contribution in [0.1, 0.15) is 42.6 Å². The van der Waals surface area contributed by atoms with Crippen LogP contribution in [-0.4, -0.2) is 6.10 Å². The summed E-state index contributed by atoms with van der Waals surface area (Å²) in [4.78, 5) is 0. The summed E-state index contributed by atoms with van der Waals surface area (Å²) in [6.07, 6.45) is 6.10. The molecule has 1 heteroatoms. The van der Waals surface area contributed by atoms with E-state index in [0.717, 1.165) is 0 Å². The molecule has 1 aromatic rings. The van der Waals surface area contributed by atoms with Gasteiger partial charge in [0.1, 0.15) is 6.10 Å². The van der Waals surface area contributed by atoms with Crippen molar-refractivity contribution >= 4 is 0 Å². The third-order valence-electron chi connectivity index (χ3n) is 3.41. The molecule has 3 rings (SSSR count). The fourth-order valence-electron chi connectivity index (χ4n) is 2.47. The number of benzene rings is 1. The van der Waals surface area contributed by atoms with Gasteiger partial charge in [-0.2, -0.15) is 0 Å². The molecule has 1 aliphatic heterocycles. The highest BCUT2D eigenvalue weighted by atomic mass is 16.6. The molecule has 0 N–H and O–H groups in total. The van der Waals surface area contributed by atoms with Crippen molar-refractivity contribution in [2.75, 3.05) is 0 Å². The van der Waals surface area contributed by atoms with E-state index in [0.29, 0.717) is 12.2 Å². The Balaban J connectivity index is 1.93. The molecule has 2 unspecified atom stereocenters. The van der Waals surface area contributed by atoms with Crippen LogP contribution >= 0.6 is 0 Å². The molecule has 0 bridgehead atoms. The van der Waals surface area contributed by atoms with Crippen LogP contribution in [-0.2, 0) is 17.6 Å². The number of hydrogen-bond acceptors (Lipinski definition) is 1. The first-order valence-electron chi connectivity index (χ1n) is 5.62. The lowest BCUT2D eigenvalue weighted by Gasteiger charge is -2.15. The summed E-state index contributed by atoms with van der Waals surface area (Å²) in [5.41, 5.74) is 4.52. The maximum absolute atomic E-state index is 5.49. The Bertz CT molecular complexity index is 356. The SMILES string of the molecule is CC1OC1c1ccc2c(c1)CCCC2. The van der Waals surface area contributed by atoms with Gasteiger partial charge in [-0.15, -0.1) is 0 Å². The Morgan fingerprint density at radius 3 is 2.57 bits per heavy atom. The summed E-state index contributed by atoms with van der Waals surface area (Å²) >= 11 is 0. The highest BCUT2D eigenvalue weighted by Gasteiger charge is 2.35. The van der Waals surface area contributed by atoms with Crippen LogP contribution in [0.4, 0.5) is 0 Å². The number of fused-ring (bicyclic) bond motifs is 1. The van der Waals surface area contributed by atoms with Crippen LogP contribution in [0.3, 0.4) is 0 Å². The van der Waals surface area contributed by atoms with Gasteiger partial charge in [0.2, 0.25) is 0 Å². The second kappa shape index (κ2) is 3.09. The largest absolute Gasteiger partial charge is 0.365 e. The molecular formula is C13H16O. The molecule has 0 radical (unpaired) electrons. The Morgan fingerprint density at radius 1 is 1.14 bits per heavy atom. The summed E-state index contributed by atoms with van der Waals surface area (Å²) < 4.78 is 5.49. The number of aryl methyl sites for hydroxylation is 2. The van der Waals surface area contributed by atoms with Crippen LogP contribution in [0.15, 0.2) is 18.2 Å². The normalized spacial score (nSPS) is 29.8. The van der Waals surface area contributed by atoms with Gasteiger partial charge in [-0.25, -0.2) is 0 Å². The van der Waals surface area contributed by atoms with Gasteiger partial charge in [0.15, 0.2) is 0 Å². The van der Waals surface area contributed by atoms with E-state index in [9.17, 15) is 0 Å². The van der Waals surface area contributed by atoms with Crippen LogP contribution in [0.2, 0.25) is 0 Å². The Kier molecular flexibility index (Phi) is 1.88. The highest BCUT2D eigenvalue weighted by molar-refractivity contribution is 5.36. The number of rotatable bonds is 1. The van der Waals surface area contributed by atoms with E-state index in [4.69, 9.17) is 4.74 Å². The van der Waals surface area contributed by atoms with Crippen molar-refractivity contribution in [3.05, 3.63) is 34.9 Å². The van der Waals surface area contributed by atoms with E-state index >= 15 is 0 Å². The van der Waals surface area contributed by atoms with Crippen LogP contribution in [0.5, 0.6) is 0 Å². The standard InChI is InChI=1S/C13H16O/c1-9-13(14-9)12-7-6-10-4-2-3-5-11(10)8-12/h6-9,13H,2-5H2,1H3. The van der Waals surface area contributed by atoms with Crippen molar-refractivity contribution in [1.29, 1.82) is 0 Å². The molecular weight excluding hydrogens is 172 g/mol. The molecule has 1 fully saturated rings. The summed E-state index contributed by atoms with van der Waals surface area (Å²) in [5.74, 6) is 0. The molecule has 1 saturated heterocycles.